The molecular formula is C7H6N2O7S. The highest BCUT2D eigenvalue weighted by Gasteiger charge is 2.34. The van der Waals surface area contributed by atoms with E-state index < -0.39 is 37.0 Å². The van der Waals surface area contributed by atoms with Gasteiger partial charge in [0, 0.05) is 4.41 Å². The summed E-state index contributed by atoms with van der Waals surface area (Å²) in [5, 5.41) is 17.8. The van der Waals surface area contributed by atoms with E-state index in [1.165, 1.54) is 12.1 Å². The number of carbonyl (C=O) groups is 1. The summed E-state index contributed by atoms with van der Waals surface area (Å²) < 4.78 is 29.6. The maximum Gasteiger partial charge on any atom is 0.414 e. The Labute approximate surface area is 94.9 Å². The summed E-state index contributed by atoms with van der Waals surface area (Å²) in [6.45, 7) is 0. The fraction of sp³-hybridized carbons (Fsp3) is 0. The van der Waals surface area contributed by atoms with Gasteiger partial charge in [0.1, 0.15) is 5.69 Å². The average molecular weight is 262 g/mol. The second-order valence-corrected chi connectivity index (χ2v) is 4.02. The molecule has 0 atom stereocenters. The van der Waals surface area contributed by atoms with Crippen LogP contribution >= 0.6 is 0 Å². The molecular weight excluding hydrogens is 256 g/mol. The minimum absolute atomic E-state index is 0.615. The lowest BCUT2D eigenvalue weighted by Gasteiger charge is -2.11. The largest absolute Gasteiger partial charge is 0.478 e. The number of benzene rings is 1. The lowest BCUT2D eigenvalue weighted by Crippen LogP contribution is -2.36. The van der Waals surface area contributed by atoms with Crippen LogP contribution in [0.15, 0.2) is 24.3 Å². The van der Waals surface area contributed by atoms with Gasteiger partial charge >= 0.3 is 16.3 Å². The molecule has 2 N–H and O–H groups in total. The smallest absolute Gasteiger partial charge is 0.414 e. The van der Waals surface area contributed by atoms with Gasteiger partial charge in [-0.2, -0.15) is 8.42 Å². The predicted octanol–water partition coefficient (Wildman–Crippen LogP) is 0.186. The molecule has 9 nitrogen and oxygen atoms in total. The molecule has 1 rings (SSSR count). The van der Waals surface area contributed by atoms with Crippen molar-refractivity contribution in [1.82, 2.24) is 0 Å². The second-order valence-electron chi connectivity index (χ2n) is 2.78. The van der Waals surface area contributed by atoms with Gasteiger partial charge in [0.25, 0.3) is 0 Å². The molecule has 0 saturated carbocycles. The van der Waals surface area contributed by atoms with Crippen molar-refractivity contribution < 1.29 is 27.9 Å². The van der Waals surface area contributed by atoms with Gasteiger partial charge in [0.15, 0.2) is 5.03 Å². The highest BCUT2D eigenvalue weighted by Crippen LogP contribution is 2.22. The van der Waals surface area contributed by atoms with Crippen molar-refractivity contribution in [3.8, 4) is 0 Å². The molecule has 1 aromatic carbocycles. The van der Waals surface area contributed by atoms with Crippen LogP contribution in [0.25, 0.3) is 0 Å². The van der Waals surface area contributed by atoms with Gasteiger partial charge in [-0.15, -0.1) is 0 Å². The van der Waals surface area contributed by atoms with Crippen LogP contribution in [-0.2, 0) is 10.3 Å². The SMILES string of the molecule is O=C(O)c1ccccc1N([N+](=O)[O-])S(=O)(=O)O. The Bertz CT molecular complexity index is 567. The van der Waals surface area contributed by atoms with Crippen LogP contribution in [-0.4, -0.2) is 29.1 Å². The van der Waals surface area contributed by atoms with Gasteiger partial charge < -0.3 is 5.11 Å². The third kappa shape index (κ3) is 2.68. The highest BCUT2D eigenvalue weighted by molar-refractivity contribution is 7.87. The number of nitrogens with zero attached hydrogens (tertiary/aromatic N) is 2. The number of hydrogen-bond acceptors (Lipinski definition) is 5. The number of hydrazine groups is 1. The van der Waals surface area contributed by atoms with Gasteiger partial charge in [-0.05, 0) is 12.1 Å². The Morgan fingerprint density at radius 3 is 2.29 bits per heavy atom. The molecule has 0 fully saturated rings. The Hall–Kier alpha value is -2.20. The van der Waals surface area contributed by atoms with Crippen LogP contribution in [0.1, 0.15) is 10.4 Å². The lowest BCUT2D eigenvalue weighted by atomic mass is 10.2. The first kappa shape index (κ1) is 12.9. The van der Waals surface area contributed by atoms with Gasteiger partial charge in [0.05, 0.1) is 5.56 Å². The van der Waals surface area contributed by atoms with E-state index in [1.807, 2.05) is 0 Å². The summed E-state index contributed by atoms with van der Waals surface area (Å²) in [6.07, 6.45) is 0. The van der Waals surface area contributed by atoms with Crippen molar-refractivity contribution in [3.63, 3.8) is 0 Å². The number of anilines is 1. The summed E-state index contributed by atoms with van der Waals surface area (Å²) in [5.74, 6) is -1.56. The summed E-state index contributed by atoms with van der Waals surface area (Å²) in [4.78, 5) is 21.3. The number of carboxylic acid groups (broad SMARTS) is 1. The molecule has 0 heterocycles. The normalized spacial score (nSPS) is 10.9. The maximum atomic E-state index is 10.8. The lowest BCUT2D eigenvalue weighted by molar-refractivity contribution is -0.475. The molecule has 17 heavy (non-hydrogen) atoms. The monoisotopic (exact) mass is 262 g/mol. The van der Waals surface area contributed by atoms with Crippen molar-refractivity contribution in [2.45, 2.75) is 0 Å². The van der Waals surface area contributed by atoms with Crippen molar-refractivity contribution in [2.75, 3.05) is 4.41 Å². The van der Waals surface area contributed by atoms with E-state index >= 15 is 0 Å². The first-order chi connectivity index (χ1) is 7.75. The Kier molecular flexibility index (Phi) is 3.29. The van der Waals surface area contributed by atoms with Gasteiger partial charge in [-0.25, -0.2) is 14.9 Å². The molecule has 0 radical (unpaired) electrons. The van der Waals surface area contributed by atoms with Gasteiger partial charge in [-0.1, -0.05) is 12.1 Å². The summed E-state index contributed by atoms with van der Waals surface area (Å²) in [7, 11) is -5.20. The predicted molar refractivity (Wildman–Crippen MR) is 54.4 cm³/mol. The van der Waals surface area contributed by atoms with Crippen LogP contribution < -0.4 is 4.41 Å². The van der Waals surface area contributed by atoms with E-state index in [2.05, 4.69) is 0 Å². The van der Waals surface area contributed by atoms with Gasteiger partial charge in [0.2, 0.25) is 0 Å². The number of hydrogen-bond donors (Lipinski definition) is 2. The highest BCUT2D eigenvalue weighted by atomic mass is 32.2. The first-order valence-electron chi connectivity index (χ1n) is 3.99. The first-order valence-corrected chi connectivity index (χ1v) is 5.39. The topological polar surface area (TPSA) is 138 Å². The maximum absolute atomic E-state index is 10.8. The third-order valence-electron chi connectivity index (χ3n) is 1.71. The molecule has 0 aromatic heterocycles. The zero-order valence-electron chi connectivity index (χ0n) is 8.05. The molecule has 0 aliphatic carbocycles. The molecule has 0 amide bonds. The van der Waals surface area contributed by atoms with E-state index in [9.17, 15) is 23.3 Å². The van der Waals surface area contributed by atoms with Crippen LogP contribution in [0.5, 0.6) is 0 Å². The third-order valence-corrected chi connectivity index (χ3v) is 2.47. The fourth-order valence-electron chi connectivity index (χ4n) is 1.12. The number of carboxylic acids is 1. The number of rotatable bonds is 4. The van der Waals surface area contributed by atoms with Crippen LogP contribution in [0.2, 0.25) is 0 Å². The van der Waals surface area contributed by atoms with Crippen LogP contribution in [0.3, 0.4) is 0 Å². The van der Waals surface area contributed by atoms with E-state index in [0.717, 1.165) is 12.1 Å². The number of para-hydroxylation sites is 1. The summed E-state index contributed by atoms with van der Waals surface area (Å²) in [6, 6.07) is 4.32. The van der Waals surface area contributed by atoms with Crippen molar-refractivity contribution >= 4 is 22.0 Å². The molecule has 0 bridgehead atoms. The summed E-state index contributed by atoms with van der Waals surface area (Å²) >= 11 is 0. The molecule has 0 spiro atoms. The zero-order chi connectivity index (χ0) is 13.2. The molecule has 0 aliphatic rings. The fourth-order valence-corrected chi connectivity index (χ4v) is 1.69. The van der Waals surface area contributed by atoms with Crippen LogP contribution in [0, 0.1) is 10.1 Å². The van der Waals surface area contributed by atoms with E-state index in [4.69, 9.17) is 9.66 Å². The molecule has 0 saturated heterocycles. The minimum atomic E-state index is -5.20. The molecule has 10 heteroatoms. The van der Waals surface area contributed by atoms with Gasteiger partial charge in [-0.3, -0.25) is 4.55 Å². The van der Waals surface area contributed by atoms with Crippen molar-refractivity contribution in [2.24, 2.45) is 0 Å². The zero-order valence-corrected chi connectivity index (χ0v) is 8.86. The standard InChI is InChI=1S/C7H6N2O7S/c10-7(11)5-3-1-2-4-6(5)8(9(12)13)17(14,15)16/h1-4H,(H,10,11)(H,14,15,16). The van der Waals surface area contributed by atoms with Crippen LogP contribution in [0.4, 0.5) is 5.69 Å². The Morgan fingerprint density at radius 2 is 1.88 bits per heavy atom. The van der Waals surface area contributed by atoms with Crippen molar-refractivity contribution in [3.05, 3.63) is 39.9 Å². The van der Waals surface area contributed by atoms with E-state index in [0.29, 0.717) is 0 Å². The Morgan fingerprint density at radius 1 is 1.35 bits per heavy atom. The summed E-state index contributed by atoms with van der Waals surface area (Å²) in [5.41, 5.74) is -1.38. The number of nitro groups is 1. The number of aromatic carboxylic acids is 1. The molecule has 0 unspecified atom stereocenters. The average Bonchev–Trinajstić information content (AvgIpc) is 2.15. The molecule has 92 valence electrons. The van der Waals surface area contributed by atoms with Crippen molar-refractivity contribution in [1.29, 1.82) is 0 Å². The second kappa shape index (κ2) is 4.35. The molecule has 1 aromatic rings. The molecule has 0 aliphatic heterocycles. The minimum Gasteiger partial charge on any atom is -0.478 e. The quantitative estimate of drug-likeness (QED) is 0.448. The Balaban J connectivity index is 3.50. The van der Waals surface area contributed by atoms with E-state index in [1.54, 1.807) is 0 Å². The van der Waals surface area contributed by atoms with E-state index in [-0.39, 0.29) is 0 Å².